The second kappa shape index (κ2) is 7.85. The first-order chi connectivity index (χ1) is 13.5. The lowest BCUT2D eigenvalue weighted by molar-refractivity contribution is -0.305. The Morgan fingerprint density at radius 2 is 1.97 bits per heavy atom. The van der Waals surface area contributed by atoms with E-state index in [-0.39, 0.29) is 17.6 Å². The fourth-order valence-corrected chi connectivity index (χ4v) is 4.45. The van der Waals surface area contributed by atoms with Gasteiger partial charge in [0.1, 0.15) is 17.3 Å². The molecule has 7 heteroatoms. The smallest absolute Gasteiger partial charge is 0.334 e. The molecule has 2 bridgehead atoms. The first-order valence-electron chi connectivity index (χ1n) is 10.3. The van der Waals surface area contributed by atoms with Crippen molar-refractivity contribution in [3.63, 3.8) is 0 Å². The lowest BCUT2D eigenvalue weighted by Crippen LogP contribution is -2.46. The summed E-state index contributed by atoms with van der Waals surface area (Å²) >= 11 is 0. The van der Waals surface area contributed by atoms with Crippen molar-refractivity contribution in [3.8, 4) is 0 Å². The maximum atomic E-state index is 12.8. The van der Waals surface area contributed by atoms with Gasteiger partial charge in [-0.1, -0.05) is 18.7 Å². The summed E-state index contributed by atoms with van der Waals surface area (Å²) in [4.78, 5) is 29.3. The summed E-state index contributed by atoms with van der Waals surface area (Å²) in [5.41, 5.74) is -1.79. The van der Waals surface area contributed by atoms with Gasteiger partial charge in [-0.25, -0.2) is 9.68 Å². The molecule has 0 aromatic rings. The molecule has 2 saturated heterocycles. The normalized spacial score (nSPS) is 44.1. The minimum absolute atomic E-state index is 0.0274. The molecule has 6 atom stereocenters. The molecule has 2 aliphatic heterocycles. The third-order valence-electron chi connectivity index (χ3n) is 6.70. The zero-order valence-corrected chi connectivity index (χ0v) is 17.7. The standard InChI is InChI=1S/C22H32O7/c1-14-16-7-12-22(5,28-19(14)24)17(26-15(2)23)8-11-20(3,29-25)9-6-10-21(4)18(13-16)27-21/h6,9,16-18,25H,1,7-8,10-13H2,2-5H3/b9-6-/t16-,17-,18?,20+,21+,22-/m1/s1. The molecule has 7 nitrogen and oxygen atoms in total. The number of ether oxygens (including phenoxy) is 3. The number of rotatable bonds is 2. The van der Waals surface area contributed by atoms with Crippen LogP contribution in [-0.4, -0.2) is 46.2 Å². The Morgan fingerprint density at radius 1 is 1.24 bits per heavy atom. The highest BCUT2D eigenvalue weighted by Crippen LogP contribution is 2.47. The Kier molecular flexibility index (Phi) is 5.96. The van der Waals surface area contributed by atoms with E-state index < -0.39 is 29.2 Å². The van der Waals surface area contributed by atoms with E-state index >= 15 is 0 Å². The Bertz CT molecular complexity index is 716. The number of carbonyl (C=O) groups excluding carboxylic acids is 2. The van der Waals surface area contributed by atoms with Gasteiger partial charge < -0.3 is 14.2 Å². The molecule has 0 aromatic heterocycles. The average molecular weight is 408 g/mol. The van der Waals surface area contributed by atoms with Gasteiger partial charge in [-0.15, -0.1) is 0 Å². The van der Waals surface area contributed by atoms with Crippen LogP contribution >= 0.6 is 0 Å². The van der Waals surface area contributed by atoms with E-state index in [4.69, 9.17) is 19.1 Å². The van der Waals surface area contributed by atoms with Crippen molar-refractivity contribution >= 4 is 11.9 Å². The zero-order valence-electron chi connectivity index (χ0n) is 17.7. The molecule has 2 fully saturated rings. The molecular formula is C22H32O7. The van der Waals surface area contributed by atoms with Crippen LogP contribution in [0.2, 0.25) is 0 Å². The summed E-state index contributed by atoms with van der Waals surface area (Å²) in [7, 11) is 0. The van der Waals surface area contributed by atoms with Gasteiger partial charge in [0.25, 0.3) is 0 Å². The number of epoxide rings is 1. The number of hydrogen-bond donors (Lipinski definition) is 1. The van der Waals surface area contributed by atoms with Gasteiger partial charge in [-0.3, -0.25) is 10.1 Å². The molecule has 29 heavy (non-hydrogen) atoms. The van der Waals surface area contributed by atoms with Gasteiger partial charge in [-0.05, 0) is 65.2 Å². The van der Waals surface area contributed by atoms with Crippen LogP contribution in [0.15, 0.2) is 24.3 Å². The Hall–Kier alpha value is -1.70. The molecule has 0 radical (unpaired) electrons. The lowest BCUT2D eigenvalue weighted by Gasteiger charge is -2.36. The van der Waals surface area contributed by atoms with Gasteiger partial charge in [0, 0.05) is 12.5 Å². The third kappa shape index (κ3) is 4.73. The number of carbonyl (C=O) groups is 2. The fraction of sp³-hybridized carbons (Fsp3) is 0.727. The van der Waals surface area contributed by atoms with Crippen molar-refractivity contribution in [1.29, 1.82) is 0 Å². The van der Waals surface area contributed by atoms with Crippen molar-refractivity contribution in [3.05, 3.63) is 24.3 Å². The van der Waals surface area contributed by atoms with Gasteiger partial charge in [0.05, 0.1) is 11.7 Å². The van der Waals surface area contributed by atoms with Crippen molar-refractivity contribution in [2.75, 3.05) is 0 Å². The number of esters is 2. The molecule has 1 N–H and O–H groups in total. The number of fused-ring (bicyclic) bond motifs is 4. The molecule has 162 valence electrons. The topological polar surface area (TPSA) is 94.6 Å². The van der Waals surface area contributed by atoms with Crippen LogP contribution in [0.3, 0.4) is 0 Å². The maximum absolute atomic E-state index is 12.8. The van der Waals surface area contributed by atoms with Crippen LogP contribution in [0.5, 0.6) is 0 Å². The van der Waals surface area contributed by atoms with Crippen molar-refractivity contribution in [2.45, 2.75) is 95.2 Å². The Morgan fingerprint density at radius 3 is 2.62 bits per heavy atom. The maximum Gasteiger partial charge on any atom is 0.334 e. The molecule has 0 amide bonds. The van der Waals surface area contributed by atoms with Crippen LogP contribution in [0.4, 0.5) is 0 Å². The third-order valence-corrected chi connectivity index (χ3v) is 6.70. The van der Waals surface area contributed by atoms with Crippen molar-refractivity contribution in [1.82, 2.24) is 0 Å². The van der Waals surface area contributed by atoms with E-state index in [0.717, 1.165) is 0 Å². The minimum atomic E-state index is -0.988. The summed E-state index contributed by atoms with van der Waals surface area (Å²) in [6.07, 6.45) is 6.46. The highest BCUT2D eigenvalue weighted by molar-refractivity contribution is 5.89. The molecule has 1 unspecified atom stereocenters. The summed E-state index contributed by atoms with van der Waals surface area (Å²) in [6, 6.07) is 0. The second-order valence-electron chi connectivity index (χ2n) is 9.27. The fourth-order valence-electron chi connectivity index (χ4n) is 4.45. The first kappa shape index (κ1) is 22.0. The largest absolute Gasteiger partial charge is 0.458 e. The molecule has 1 aliphatic carbocycles. The predicted molar refractivity (Wildman–Crippen MR) is 105 cm³/mol. The van der Waals surface area contributed by atoms with Crippen molar-refractivity contribution in [2.24, 2.45) is 5.92 Å². The SMILES string of the molecule is C=C1C(=O)O[C@]2(C)CC[C@@H]1CC1O[C@@]1(C)C/C=C\[C@](C)(OO)CC[C@H]2OC(C)=O. The van der Waals surface area contributed by atoms with E-state index in [9.17, 15) is 14.8 Å². The first-order valence-corrected chi connectivity index (χ1v) is 10.3. The van der Waals surface area contributed by atoms with E-state index in [1.165, 1.54) is 6.92 Å². The van der Waals surface area contributed by atoms with E-state index in [0.29, 0.717) is 44.1 Å². The van der Waals surface area contributed by atoms with E-state index in [1.807, 2.05) is 19.1 Å². The molecule has 0 saturated carbocycles. The van der Waals surface area contributed by atoms with Gasteiger partial charge >= 0.3 is 11.9 Å². The number of hydrogen-bond acceptors (Lipinski definition) is 7. The Labute approximate surface area is 172 Å². The van der Waals surface area contributed by atoms with Crippen LogP contribution < -0.4 is 0 Å². The van der Waals surface area contributed by atoms with Gasteiger partial charge in [-0.2, -0.15) is 0 Å². The predicted octanol–water partition coefficient (Wildman–Crippen LogP) is 3.72. The zero-order chi connectivity index (χ0) is 21.4. The quantitative estimate of drug-likeness (QED) is 0.186. The second-order valence-corrected chi connectivity index (χ2v) is 9.27. The highest BCUT2D eigenvalue weighted by Gasteiger charge is 2.53. The molecular weight excluding hydrogens is 376 g/mol. The van der Waals surface area contributed by atoms with Gasteiger partial charge in [0.15, 0.2) is 0 Å². The Balaban J connectivity index is 1.95. The monoisotopic (exact) mass is 408 g/mol. The van der Waals surface area contributed by atoms with Crippen LogP contribution in [-0.2, 0) is 28.7 Å². The average Bonchev–Trinajstić information content (AvgIpc) is 3.31. The van der Waals surface area contributed by atoms with E-state index in [1.54, 1.807) is 13.8 Å². The van der Waals surface area contributed by atoms with Crippen LogP contribution in [0.25, 0.3) is 0 Å². The van der Waals surface area contributed by atoms with Gasteiger partial charge in [0.2, 0.25) is 0 Å². The summed E-state index contributed by atoms with van der Waals surface area (Å²) in [5.74, 6) is -0.937. The summed E-state index contributed by atoms with van der Waals surface area (Å²) in [5, 5.41) is 9.49. The highest BCUT2D eigenvalue weighted by atomic mass is 17.1. The molecule has 3 rings (SSSR count). The molecule has 0 aromatic carbocycles. The minimum Gasteiger partial charge on any atom is -0.458 e. The van der Waals surface area contributed by atoms with Crippen LogP contribution in [0, 0.1) is 5.92 Å². The van der Waals surface area contributed by atoms with Crippen LogP contribution in [0.1, 0.15) is 66.2 Å². The summed E-state index contributed by atoms with van der Waals surface area (Å²) in [6.45, 7) is 10.9. The molecule has 2 heterocycles. The molecule has 0 spiro atoms. The summed E-state index contributed by atoms with van der Waals surface area (Å²) < 4.78 is 17.3. The van der Waals surface area contributed by atoms with E-state index in [2.05, 4.69) is 6.58 Å². The van der Waals surface area contributed by atoms with Crippen molar-refractivity contribution < 1.29 is 33.9 Å². The molecule has 3 aliphatic rings. The lowest BCUT2D eigenvalue weighted by atomic mass is 9.82.